The van der Waals surface area contributed by atoms with Crippen LogP contribution in [0.25, 0.3) is 10.9 Å². The summed E-state index contributed by atoms with van der Waals surface area (Å²) in [5.41, 5.74) is 1.93. The van der Waals surface area contributed by atoms with Gasteiger partial charge in [0.15, 0.2) is 0 Å². The van der Waals surface area contributed by atoms with Crippen molar-refractivity contribution in [1.82, 2.24) is 9.88 Å². The molecule has 0 saturated carbocycles. The number of likely N-dealkylation sites (N-methyl/N-ethyl adjacent to an activating group) is 1. The minimum absolute atomic E-state index is 0.424. The molecule has 6 heteroatoms. The topological polar surface area (TPSA) is 82.6 Å². The minimum Gasteiger partial charge on any atom is -0.478 e. The average molecular weight is 302 g/mol. The highest BCUT2D eigenvalue weighted by molar-refractivity contribution is 5.95. The van der Waals surface area contributed by atoms with Crippen LogP contribution in [0.5, 0.6) is 5.75 Å². The standard InChI is InChI=1S/C16H18N2O4/c1-18(2)9-8-11-10-17-12-4-3-5-13(16(11)12)22-15(21)7-6-14(19)20/h3-7,10,17H,8-9H2,1-2H3,(H,19,20)/b7-6-. The van der Waals surface area contributed by atoms with Crippen molar-refractivity contribution >= 4 is 22.8 Å². The first-order valence-electron chi connectivity index (χ1n) is 6.84. The third-order valence-electron chi connectivity index (χ3n) is 3.15. The second-order valence-corrected chi connectivity index (χ2v) is 5.14. The van der Waals surface area contributed by atoms with Gasteiger partial charge in [-0.25, -0.2) is 9.59 Å². The van der Waals surface area contributed by atoms with Gasteiger partial charge in [-0.1, -0.05) is 6.07 Å². The van der Waals surface area contributed by atoms with Crippen molar-refractivity contribution in [3.63, 3.8) is 0 Å². The number of nitrogens with zero attached hydrogens (tertiary/aromatic N) is 1. The molecule has 2 aromatic rings. The summed E-state index contributed by atoms with van der Waals surface area (Å²) in [4.78, 5) is 27.3. The zero-order valence-corrected chi connectivity index (χ0v) is 12.5. The van der Waals surface area contributed by atoms with E-state index in [1.807, 2.05) is 26.4 Å². The second-order valence-electron chi connectivity index (χ2n) is 5.14. The molecule has 1 heterocycles. The average Bonchev–Trinajstić information content (AvgIpc) is 2.87. The fraction of sp³-hybridized carbons (Fsp3) is 0.250. The highest BCUT2D eigenvalue weighted by Crippen LogP contribution is 2.29. The SMILES string of the molecule is CN(C)CCc1c[nH]c2cccc(OC(=O)/C=C\C(=O)O)c12. The van der Waals surface area contributed by atoms with E-state index in [-0.39, 0.29) is 0 Å². The summed E-state index contributed by atoms with van der Waals surface area (Å²) < 4.78 is 5.26. The number of nitrogens with one attached hydrogen (secondary N) is 1. The Morgan fingerprint density at radius 1 is 1.32 bits per heavy atom. The molecule has 6 nitrogen and oxygen atoms in total. The third kappa shape index (κ3) is 3.95. The molecule has 1 aromatic heterocycles. The Balaban J connectivity index is 2.27. The summed E-state index contributed by atoms with van der Waals surface area (Å²) in [7, 11) is 3.99. The molecule has 116 valence electrons. The third-order valence-corrected chi connectivity index (χ3v) is 3.15. The molecule has 0 aliphatic carbocycles. The molecule has 0 fully saturated rings. The van der Waals surface area contributed by atoms with Crippen LogP contribution in [0.1, 0.15) is 5.56 Å². The fourth-order valence-electron chi connectivity index (χ4n) is 2.13. The Hall–Kier alpha value is -2.60. The van der Waals surface area contributed by atoms with Crippen LogP contribution in [0, 0.1) is 0 Å². The van der Waals surface area contributed by atoms with Gasteiger partial charge in [0.05, 0.1) is 0 Å². The molecular formula is C16H18N2O4. The predicted octanol–water partition coefficient (Wildman–Crippen LogP) is 1.82. The van der Waals surface area contributed by atoms with E-state index in [9.17, 15) is 9.59 Å². The largest absolute Gasteiger partial charge is 0.478 e. The number of ether oxygens (including phenoxy) is 1. The number of fused-ring (bicyclic) bond motifs is 1. The molecule has 0 spiro atoms. The number of esters is 1. The molecule has 0 radical (unpaired) electrons. The van der Waals surface area contributed by atoms with Gasteiger partial charge in [-0.05, 0) is 38.2 Å². The van der Waals surface area contributed by atoms with Crippen molar-refractivity contribution in [2.45, 2.75) is 6.42 Å². The van der Waals surface area contributed by atoms with E-state index in [2.05, 4.69) is 9.88 Å². The summed E-state index contributed by atoms with van der Waals surface area (Å²) >= 11 is 0. The van der Waals surface area contributed by atoms with E-state index in [0.29, 0.717) is 5.75 Å². The van der Waals surface area contributed by atoms with Gasteiger partial charge >= 0.3 is 11.9 Å². The van der Waals surface area contributed by atoms with Crippen molar-refractivity contribution in [3.8, 4) is 5.75 Å². The molecule has 2 N–H and O–H groups in total. The summed E-state index contributed by atoms with van der Waals surface area (Å²) in [6.45, 7) is 0.869. The molecule has 0 aliphatic heterocycles. The van der Waals surface area contributed by atoms with E-state index in [0.717, 1.165) is 41.6 Å². The lowest BCUT2D eigenvalue weighted by Gasteiger charge is -2.09. The fourth-order valence-corrected chi connectivity index (χ4v) is 2.13. The van der Waals surface area contributed by atoms with Crippen LogP contribution in [-0.2, 0) is 16.0 Å². The molecule has 0 atom stereocenters. The van der Waals surface area contributed by atoms with E-state index in [1.54, 1.807) is 12.1 Å². The van der Waals surface area contributed by atoms with Crippen LogP contribution in [0.15, 0.2) is 36.5 Å². The molecule has 0 amide bonds. The van der Waals surface area contributed by atoms with Gasteiger partial charge in [0.1, 0.15) is 5.75 Å². The molecule has 0 bridgehead atoms. The Morgan fingerprint density at radius 3 is 2.77 bits per heavy atom. The van der Waals surface area contributed by atoms with Crippen LogP contribution in [-0.4, -0.2) is 47.6 Å². The van der Waals surface area contributed by atoms with Gasteiger partial charge < -0.3 is 19.7 Å². The second kappa shape index (κ2) is 6.91. The Morgan fingerprint density at radius 2 is 2.09 bits per heavy atom. The summed E-state index contributed by atoms with van der Waals surface area (Å²) in [5, 5.41) is 9.38. The number of hydrogen-bond acceptors (Lipinski definition) is 4. The number of aromatic amines is 1. The quantitative estimate of drug-likeness (QED) is 0.483. The maximum absolute atomic E-state index is 11.7. The van der Waals surface area contributed by atoms with Gasteiger partial charge in [-0.3, -0.25) is 0 Å². The lowest BCUT2D eigenvalue weighted by molar-refractivity contribution is -0.133. The van der Waals surface area contributed by atoms with Crippen molar-refractivity contribution in [2.75, 3.05) is 20.6 Å². The van der Waals surface area contributed by atoms with Gasteiger partial charge in [-0.15, -0.1) is 0 Å². The molecule has 2 rings (SSSR count). The summed E-state index contributed by atoms with van der Waals surface area (Å²) in [5.74, 6) is -1.48. The first-order valence-corrected chi connectivity index (χ1v) is 6.84. The number of aliphatic carboxylic acids is 1. The molecule has 1 aromatic carbocycles. The molecule has 0 saturated heterocycles. The number of carbonyl (C=O) groups excluding carboxylic acids is 1. The highest BCUT2D eigenvalue weighted by Gasteiger charge is 2.12. The first-order chi connectivity index (χ1) is 10.5. The number of rotatable bonds is 6. The number of benzene rings is 1. The normalized spacial score (nSPS) is 11.4. The number of carbonyl (C=O) groups is 2. The van der Waals surface area contributed by atoms with Gasteiger partial charge in [0.25, 0.3) is 0 Å². The van der Waals surface area contributed by atoms with Gasteiger partial charge in [-0.2, -0.15) is 0 Å². The summed E-state index contributed by atoms with van der Waals surface area (Å²) in [6.07, 6.45) is 4.37. The number of H-pyrrole nitrogens is 1. The van der Waals surface area contributed by atoms with Crippen molar-refractivity contribution in [1.29, 1.82) is 0 Å². The summed E-state index contributed by atoms with van der Waals surface area (Å²) in [6, 6.07) is 5.37. The maximum Gasteiger partial charge on any atom is 0.336 e. The lowest BCUT2D eigenvalue weighted by atomic mass is 10.1. The Kier molecular flexibility index (Phi) is 4.95. The number of carboxylic acids is 1. The van der Waals surface area contributed by atoms with Crippen LogP contribution in [0.2, 0.25) is 0 Å². The molecule has 22 heavy (non-hydrogen) atoms. The van der Waals surface area contributed by atoms with Crippen LogP contribution >= 0.6 is 0 Å². The van der Waals surface area contributed by atoms with E-state index in [4.69, 9.17) is 9.84 Å². The first kappa shape index (κ1) is 15.8. The van der Waals surface area contributed by atoms with Crippen molar-refractivity contribution in [3.05, 3.63) is 42.1 Å². The molecule has 0 aliphatic rings. The predicted molar refractivity (Wildman–Crippen MR) is 83.0 cm³/mol. The molecule has 0 unspecified atom stereocenters. The lowest BCUT2D eigenvalue weighted by Crippen LogP contribution is -2.15. The number of aromatic nitrogens is 1. The highest BCUT2D eigenvalue weighted by atomic mass is 16.5. The Labute approximate surface area is 128 Å². The molecular weight excluding hydrogens is 284 g/mol. The van der Waals surface area contributed by atoms with Crippen molar-refractivity contribution in [2.24, 2.45) is 0 Å². The smallest absolute Gasteiger partial charge is 0.336 e. The monoisotopic (exact) mass is 302 g/mol. The zero-order chi connectivity index (χ0) is 16.1. The van der Waals surface area contributed by atoms with Crippen molar-refractivity contribution < 1.29 is 19.4 Å². The van der Waals surface area contributed by atoms with E-state index < -0.39 is 11.9 Å². The zero-order valence-electron chi connectivity index (χ0n) is 12.5. The van der Waals surface area contributed by atoms with Gasteiger partial charge in [0, 0.05) is 35.8 Å². The van der Waals surface area contributed by atoms with E-state index in [1.165, 1.54) is 0 Å². The van der Waals surface area contributed by atoms with Gasteiger partial charge in [0.2, 0.25) is 0 Å². The Bertz CT molecular complexity index is 716. The van der Waals surface area contributed by atoms with Crippen LogP contribution < -0.4 is 4.74 Å². The van der Waals surface area contributed by atoms with E-state index >= 15 is 0 Å². The maximum atomic E-state index is 11.7. The van der Waals surface area contributed by atoms with Crippen LogP contribution in [0.4, 0.5) is 0 Å². The number of hydrogen-bond donors (Lipinski definition) is 2. The van der Waals surface area contributed by atoms with Crippen LogP contribution in [0.3, 0.4) is 0 Å². The minimum atomic E-state index is -1.19. The number of carboxylic acid groups (broad SMARTS) is 1.